The lowest BCUT2D eigenvalue weighted by Gasteiger charge is -2.01. The second kappa shape index (κ2) is 2.80. The molecule has 0 aromatic carbocycles. The number of nitrogens with two attached hydrogens (primary N) is 1. The lowest BCUT2D eigenvalue weighted by molar-refractivity contribution is -0.392. The molecule has 0 aliphatic heterocycles. The molecule has 66 valence electrons. The van der Waals surface area contributed by atoms with Crippen LogP contribution >= 0.6 is 0 Å². The first kappa shape index (κ1) is 8.51. The van der Waals surface area contributed by atoms with E-state index < -0.39 is 4.92 Å². The third-order valence-electron chi connectivity index (χ3n) is 1.46. The first-order valence-electron chi connectivity index (χ1n) is 3.51. The zero-order valence-electron chi connectivity index (χ0n) is 6.89. The van der Waals surface area contributed by atoms with Gasteiger partial charge < -0.3 is 15.8 Å². The molecule has 0 fully saturated rings. The summed E-state index contributed by atoms with van der Waals surface area (Å²) in [7, 11) is 0. The van der Waals surface area contributed by atoms with Crippen LogP contribution in [-0.4, -0.2) is 14.7 Å². The van der Waals surface area contributed by atoms with E-state index in [0.29, 0.717) is 0 Å². The summed E-state index contributed by atoms with van der Waals surface area (Å²) < 4.78 is 1.29. The van der Waals surface area contributed by atoms with Gasteiger partial charge in [-0.2, -0.15) is 0 Å². The van der Waals surface area contributed by atoms with Crippen LogP contribution in [0, 0.1) is 10.1 Å². The van der Waals surface area contributed by atoms with E-state index in [1.807, 2.05) is 0 Å². The molecule has 0 spiro atoms. The molecule has 6 nitrogen and oxygen atoms in total. The Bertz CT molecular complexity index is 304. The summed E-state index contributed by atoms with van der Waals surface area (Å²) in [6.45, 7) is 3.61. The second-order valence-electron chi connectivity index (χ2n) is 2.72. The van der Waals surface area contributed by atoms with Gasteiger partial charge in [0.15, 0.2) is 5.69 Å². The smallest absolute Gasteiger partial charge is 0.368 e. The van der Waals surface area contributed by atoms with Crippen LogP contribution in [0.4, 0.5) is 11.5 Å². The second-order valence-corrected chi connectivity index (χ2v) is 2.72. The van der Waals surface area contributed by atoms with Gasteiger partial charge in [-0.15, -0.1) is 4.68 Å². The van der Waals surface area contributed by atoms with Gasteiger partial charge in [-0.1, -0.05) is 5.10 Å². The zero-order chi connectivity index (χ0) is 9.30. The van der Waals surface area contributed by atoms with E-state index in [4.69, 9.17) is 5.73 Å². The van der Waals surface area contributed by atoms with Gasteiger partial charge in [0.1, 0.15) is 12.2 Å². The van der Waals surface area contributed by atoms with E-state index >= 15 is 0 Å². The Morgan fingerprint density at radius 2 is 2.33 bits per heavy atom. The van der Waals surface area contributed by atoms with E-state index in [0.717, 1.165) is 0 Å². The molecule has 0 aliphatic carbocycles. The number of rotatable bonds is 2. The van der Waals surface area contributed by atoms with Gasteiger partial charge >= 0.3 is 5.82 Å². The van der Waals surface area contributed by atoms with Crippen molar-refractivity contribution in [2.45, 2.75) is 19.9 Å². The molecule has 0 aliphatic rings. The minimum atomic E-state index is -0.525. The van der Waals surface area contributed by atoms with Crippen LogP contribution in [0.5, 0.6) is 0 Å². The highest BCUT2D eigenvalue weighted by Crippen LogP contribution is 2.23. The van der Waals surface area contributed by atoms with Crippen molar-refractivity contribution in [1.82, 2.24) is 9.78 Å². The van der Waals surface area contributed by atoms with Crippen LogP contribution in [0.3, 0.4) is 0 Å². The summed E-state index contributed by atoms with van der Waals surface area (Å²) in [5, 5.41) is 14.3. The Hall–Kier alpha value is -1.59. The normalized spacial score (nSPS) is 10.6. The third-order valence-corrected chi connectivity index (χ3v) is 1.46. The average molecular weight is 170 g/mol. The highest BCUT2D eigenvalue weighted by molar-refractivity contribution is 5.51. The average Bonchev–Trinajstić information content (AvgIpc) is 2.30. The quantitative estimate of drug-likeness (QED) is 0.528. The predicted molar refractivity (Wildman–Crippen MR) is 43.7 cm³/mol. The minimum absolute atomic E-state index is 0.0531. The van der Waals surface area contributed by atoms with Crippen molar-refractivity contribution in [2.75, 3.05) is 5.73 Å². The molecule has 1 heterocycles. The standard InChI is InChI=1S/C6H10N4O2/c1-4(2)9-6(10(11)12)5(7)3-8-9/h3-4H,7H2,1-2H3. The fourth-order valence-electron chi connectivity index (χ4n) is 0.936. The molecular weight excluding hydrogens is 160 g/mol. The molecule has 0 saturated heterocycles. The minimum Gasteiger partial charge on any atom is -0.390 e. The Labute approximate surface area is 69.1 Å². The number of hydrogen-bond acceptors (Lipinski definition) is 4. The first-order valence-corrected chi connectivity index (χ1v) is 3.51. The molecule has 0 amide bonds. The van der Waals surface area contributed by atoms with Crippen molar-refractivity contribution < 1.29 is 4.92 Å². The van der Waals surface area contributed by atoms with E-state index in [9.17, 15) is 10.1 Å². The Morgan fingerprint density at radius 3 is 2.67 bits per heavy atom. The summed E-state index contributed by atoms with van der Waals surface area (Å²) in [4.78, 5) is 9.95. The Morgan fingerprint density at radius 1 is 1.75 bits per heavy atom. The fraction of sp³-hybridized carbons (Fsp3) is 0.500. The molecule has 6 heteroatoms. The molecule has 1 rings (SSSR count). The highest BCUT2D eigenvalue weighted by atomic mass is 16.6. The molecule has 2 N–H and O–H groups in total. The van der Waals surface area contributed by atoms with Gasteiger partial charge in [-0.05, 0) is 18.8 Å². The van der Waals surface area contributed by atoms with Crippen molar-refractivity contribution in [3.8, 4) is 0 Å². The molecule has 1 aromatic heterocycles. The maximum atomic E-state index is 10.5. The van der Waals surface area contributed by atoms with Crippen LogP contribution in [0.25, 0.3) is 0 Å². The fourth-order valence-corrected chi connectivity index (χ4v) is 0.936. The van der Waals surface area contributed by atoms with Crippen LogP contribution in [0.2, 0.25) is 0 Å². The molecular formula is C6H10N4O2. The monoisotopic (exact) mass is 170 g/mol. The summed E-state index contributed by atoms with van der Waals surface area (Å²) in [6, 6.07) is -0.0531. The predicted octanol–water partition coefficient (Wildman–Crippen LogP) is 0.954. The molecule has 1 aromatic rings. The van der Waals surface area contributed by atoms with E-state index in [1.54, 1.807) is 13.8 Å². The van der Waals surface area contributed by atoms with Crippen molar-refractivity contribution in [3.05, 3.63) is 16.3 Å². The molecule has 0 unspecified atom stereocenters. The molecule has 0 bridgehead atoms. The number of hydrogen-bond donors (Lipinski definition) is 1. The van der Waals surface area contributed by atoms with E-state index in [2.05, 4.69) is 5.10 Å². The van der Waals surface area contributed by atoms with Crippen LogP contribution in [-0.2, 0) is 0 Å². The molecule has 0 radical (unpaired) electrons. The SMILES string of the molecule is CC(C)n1ncc(N)c1[N+](=O)[O-]. The maximum absolute atomic E-state index is 10.5. The molecule has 12 heavy (non-hydrogen) atoms. The lowest BCUT2D eigenvalue weighted by atomic mass is 10.4. The Kier molecular flexibility index (Phi) is 1.99. The van der Waals surface area contributed by atoms with Gasteiger partial charge in [-0.3, -0.25) is 0 Å². The number of nitrogen functional groups attached to an aromatic ring is 1. The van der Waals surface area contributed by atoms with Gasteiger partial charge in [0, 0.05) is 0 Å². The van der Waals surface area contributed by atoms with Crippen molar-refractivity contribution in [2.24, 2.45) is 0 Å². The first-order chi connectivity index (χ1) is 5.54. The lowest BCUT2D eigenvalue weighted by Crippen LogP contribution is -2.07. The number of anilines is 1. The van der Waals surface area contributed by atoms with Gasteiger partial charge in [-0.25, -0.2) is 0 Å². The number of nitrogens with zero attached hydrogens (tertiary/aromatic N) is 3. The molecule has 0 atom stereocenters. The van der Waals surface area contributed by atoms with Crippen LogP contribution in [0.1, 0.15) is 19.9 Å². The summed E-state index contributed by atoms with van der Waals surface area (Å²) in [5.41, 5.74) is 5.46. The number of aromatic nitrogens is 2. The number of nitro groups is 1. The van der Waals surface area contributed by atoms with E-state index in [-0.39, 0.29) is 17.5 Å². The van der Waals surface area contributed by atoms with Crippen LogP contribution < -0.4 is 5.73 Å². The van der Waals surface area contributed by atoms with Gasteiger partial charge in [0.2, 0.25) is 0 Å². The summed E-state index contributed by atoms with van der Waals surface area (Å²) >= 11 is 0. The van der Waals surface area contributed by atoms with E-state index in [1.165, 1.54) is 10.9 Å². The topological polar surface area (TPSA) is 87.0 Å². The van der Waals surface area contributed by atoms with Crippen LogP contribution in [0.15, 0.2) is 6.20 Å². The summed E-state index contributed by atoms with van der Waals surface area (Å²) in [6.07, 6.45) is 1.29. The Balaban J connectivity index is 3.21. The van der Waals surface area contributed by atoms with Gasteiger partial charge in [0.25, 0.3) is 0 Å². The van der Waals surface area contributed by atoms with Gasteiger partial charge in [0.05, 0.1) is 0 Å². The maximum Gasteiger partial charge on any atom is 0.368 e. The van der Waals surface area contributed by atoms with Crippen molar-refractivity contribution in [1.29, 1.82) is 0 Å². The largest absolute Gasteiger partial charge is 0.390 e. The summed E-state index contributed by atoms with van der Waals surface area (Å²) in [5.74, 6) is -0.134. The zero-order valence-corrected chi connectivity index (χ0v) is 6.89. The molecule has 0 saturated carbocycles. The van der Waals surface area contributed by atoms with Crippen molar-refractivity contribution in [3.63, 3.8) is 0 Å². The van der Waals surface area contributed by atoms with Crippen molar-refractivity contribution >= 4 is 11.5 Å². The highest BCUT2D eigenvalue weighted by Gasteiger charge is 2.21. The third kappa shape index (κ3) is 1.23.